The van der Waals surface area contributed by atoms with E-state index in [0.29, 0.717) is 57.7 Å². The summed E-state index contributed by atoms with van der Waals surface area (Å²) < 4.78 is 30.4. The van der Waals surface area contributed by atoms with Crippen LogP contribution < -0.4 is 33.8 Å². The number of fused-ring (bicyclic) bond motifs is 1. The van der Waals surface area contributed by atoms with Crippen molar-refractivity contribution in [3.8, 4) is 23.0 Å². The molecule has 10 heteroatoms. The fourth-order valence-electron chi connectivity index (χ4n) is 4.99. The number of methoxy groups -OCH3 is 1. The smallest absolute Gasteiger partial charge is 0.338 e. The fraction of sp³-hybridized carbons (Fsp3) is 0.286. The Hall–Kier alpha value is -4.83. The number of rotatable bonds is 12. The minimum Gasteiger partial charge on any atom is -0.497 e. The number of hydrogen-bond donors (Lipinski definition) is 0. The van der Waals surface area contributed by atoms with Gasteiger partial charge in [-0.25, -0.2) is 9.79 Å². The SMILES string of the molecule is CCOC(=O)C1=C(C)N=c2s/c(=C\c3ccc(OCCOc4ccc(C)cc4)c(OCC)c3)c(=O)n2[C@@H]1c1ccc(OC)cc1. The maximum Gasteiger partial charge on any atom is 0.338 e. The highest BCUT2D eigenvalue weighted by Crippen LogP contribution is 2.32. The molecule has 0 N–H and O–H groups in total. The number of carbonyl (C=O) groups excluding carboxylic acids is 1. The quantitative estimate of drug-likeness (QED) is 0.161. The van der Waals surface area contributed by atoms with Gasteiger partial charge in [-0.05, 0) is 81.3 Å². The van der Waals surface area contributed by atoms with Gasteiger partial charge in [0.05, 0.1) is 42.2 Å². The highest BCUT2D eigenvalue weighted by Gasteiger charge is 2.33. The molecule has 0 aliphatic carbocycles. The van der Waals surface area contributed by atoms with E-state index in [0.717, 1.165) is 16.9 Å². The first-order valence-corrected chi connectivity index (χ1v) is 15.6. The topological polar surface area (TPSA) is 97.6 Å². The first kappa shape index (κ1) is 31.6. The van der Waals surface area contributed by atoms with E-state index in [-0.39, 0.29) is 12.2 Å². The molecule has 234 valence electrons. The van der Waals surface area contributed by atoms with Gasteiger partial charge in [0.2, 0.25) is 0 Å². The van der Waals surface area contributed by atoms with Crippen LogP contribution in [-0.2, 0) is 9.53 Å². The Bertz CT molecular complexity index is 1870. The average Bonchev–Trinajstić information content (AvgIpc) is 3.34. The molecule has 1 atom stereocenters. The third-order valence-electron chi connectivity index (χ3n) is 7.14. The third kappa shape index (κ3) is 7.12. The van der Waals surface area contributed by atoms with Crippen molar-refractivity contribution in [2.24, 2.45) is 4.99 Å². The average molecular weight is 629 g/mol. The van der Waals surface area contributed by atoms with Crippen LogP contribution in [0.4, 0.5) is 0 Å². The minimum atomic E-state index is -0.703. The van der Waals surface area contributed by atoms with E-state index in [1.807, 2.05) is 68.4 Å². The zero-order valence-electron chi connectivity index (χ0n) is 26.0. The van der Waals surface area contributed by atoms with Gasteiger partial charge in [-0.1, -0.05) is 47.2 Å². The molecule has 5 rings (SSSR count). The number of nitrogens with zero attached hydrogens (tertiary/aromatic N) is 2. The third-order valence-corrected chi connectivity index (χ3v) is 8.13. The Kier molecular flexibility index (Phi) is 10.0. The lowest BCUT2D eigenvalue weighted by Gasteiger charge is -2.24. The maximum atomic E-state index is 14.0. The summed E-state index contributed by atoms with van der Waals surface area (Å²) >= 11 is 1.26. The van der Waals surface area contributed by atoms with E-state index in [1.54, 1.807) is 43.7 Å². The van der Waals surface area contributed by atoms with Crippen LogP contribution in [0.1, 0.15) is 43.5 Å². The van der Waals surface area contributed by atoms with Crippen LogP contribution in [0.3, 0.4) is 0 Å². The summed E-state index contributed by atoms with van der Waals surface area (Å²) in [4.78, 5) is 32.2. The van der Waals surface area contributed by atoms with Crippen LogP contribution in [0, 0.1) is 6.92 Å². The molecule has 2 heterocycles. The van der Waals surface area contributed by atoms with E-state index in [9.17, 15) is 9.59 Å². The lowest BCUT2D eigenvalue weighted by Crippen LogP contribution is -2.39. The van der Waals surface area contributed by atoms with Gasteiger partial charge in [0, 0.05) is 0 Å². The molecule has 0 saturated carbocycles. The summed E-state index contributed by atoms with van der Waals surface area (Å²) in [7, 11) is 1.59. The highest BCUT2D eigenvalue weighted by molar-refractivity contribution is 7.07. The number of hydrogen-bond acceptors (Lipinski definition) is 9. The van der Waals surface area contributed by atoms with Crippen molar-refractivity contribution in [3.05, 3.63) is 114 Å². The molecule has 0 amide bonds. The van der Waals surface area contributed by atoms with Gasteiger partial charge >= 0.3 is 5.97 Å². The van der Waals surface area contributed by atoms with Gasteiger partial charge in [-0.2, -0.15) is 0 Å². The zero-order valence-corrected chi connectivity index (χ0v) is 26.8. The molecule has 0 bridgehead atoms. The molecule has 3 aromatic carbocycles. The van der Waals surface area contributed by atoms with Crippen LogP contribution in [0.5, 0.6) is 23.0 Å². The summed E-state index contributed by atoms with van der Waals surface area (Å²) in [5.74, 6) is 2.09. The molecule has 0 spiro atoms. The highest BCUT2D eigenvalue weighted by atomic mass is 32.1. The van der Waals surface area contributed by atoms with E-state index in [1.165, 1.54) is 16.9 Å². The van der Waals surface area contributed by atoms with Crippen molar-refractivity contribution in [1.29, 1.82) is 0 Å². The predicted octanol–water partition coefficient (Wildman–Crippen LogP) is 4.97. The number of thiazole rings is 1. The van der Waals surface area contributed by atoms with Crippen molar-refractivity contribution < 1.29 is 28.5 Å². The molecule has 1 aromatic heterocycles. The molecule has 0 radical (unpaired) electrons. The van der Waals surface area contributed by atoms with Gasteiger partial charge in [0.25, 0.3) is 5.56 Å². The Morgan fingerprint density at radius 1 is 0.889 bits per heavy atom. The molecule has 0 saturated heterocycles. The van der Waals surface area contributed by atoms with Gasteiger partial charge in [-0.3, -0.25) is 9.36 Å². The molecule has 1 aliphatic rings. The van der Waals surface area contributed by atoms with Crippen molar-refractivity contribution in [3.63, 3.8) is 0 Å². The molecular formula is C35H36N2O7S. The van der Waals surface area contributed by atoms with Gasteiger partial charge in [0.1, 0.15) is 24.7 Å². The van der Waals surface area contributed by atoms with Crippen LogP contribution in [-0.4, -0.2) is 44.1 Å². The standard InChI is InChI=1S/C35H36N2O7S/c1-6-41-29-20-24(10-17-28(29)44-19-18-43-27-13-8-22(3)9-14-27)21-30-33(38)37-32(25-11-15-26(40-5)16-12-25)31(34(39)42-7-2)23(4)36-35(37)45-30/h8-17,20-21,32H,6-7,18-19H2,1-5H3/b30-21-/t32-/m1/s1. The van der Waals surface area contributed by atoms with Gasteiger partial charge in [-0.15, -0.1) is 0 Å². The predicted molar refractivity (Wildman–Crippen MR) is 173 cm³/mol. The van der Waals surface area contributed by atoms with Crippen molar-refractivity contribution in [2.45, 2.75) is 33.7 Å². The normalized spacial score (nSPS) is 14.4. The second kappa shape index (κ2) is 14.3. The van der Waals surface area contributed by atoms with Crippen LogP contribution in [0.15, 0.2) is 87.8 Å². The molecule has 0 unspecified atom stereocenters. The lowest BCUT2D eigenvalue weighted by molar-refractivity contribution is -0.139. The number of aryl methyl sites for hydroxylation is 1. The first-order chi connectivity index (χ1) is 21.8. The maximum absolute atomic E-state index is 14.0. The Morgan fingerprint density at radius 2 is 1.60 bits per heavy atom. The Morgan fingerprint density at radius 3 is 2.29 bits per heavy atom. The number of benzene rings is 3. The molecule has 0 fully saturated rings. The van der Waals surface area contributed by atoms with Crippen molar-refractivity contribution in [2.75, 3.05) is 33.5 Å². The largest absolute Gasteiger partial charge is 0.497 e. The van der Waals surface area contributed by atoms with E-state index < -0.39 is 12.0 Å². The molecule has 45 heavy (non-hydrogen) atoms. The van der Waals surface area contributed by atoms with Crippen LogP contribution >= 0.6 is 11.3 Å². The second-order valence-electron chi connectivity index (χ2n) is 10.2. The number of aromatic nitrogens is 1. The first-order valence-electron chi connectivity index (χ1n) is 14.8. The fourth-order valence-corrected chi connectivity index (χ4v) is 6.04. The zero-order chi connectivity index (χ0) is 31.9. The van der Waals surface area contributed by atoms with E-state index in [4.69, 9.17) is 23.7 Å². The minimum absolute atomic E-state index is 0.205. The molecule has 9 nitrogen and oxygen atoms in total. The summed E-state index contributed by atoms with van der Waals surface area (Å²) in [5.41, 5.74) is 3.24. The number of ether oxygens (including phenoxy) is 5. The van der Waals surface area contributed by atoms with Crippen LogP contribution in [0.2, 0.25) is 0 Å². The molecule has 1 aliphatic heterocycles. The summed E-state index contributed by atoms with van der Waals surface area (Å²) in [5, 5.41) is 0. The van der Waals surface area contributed by atoms with E-state index in [2.05, 4.69) is 4.99 Å². The van der Waals surface area contributed by atoms with E-state index >= 15 is 0 Å². The van der Waals surface area contributed by atoms with Crippen molar-refractivity contribution >= 4 is 23.4 Å². The number of allylic oxidation sites excluding steroid dienone is 1. The summed E-state index contributed by atoms with van der Waals surface area (Å²) in [6, 6.07) is 20.0. The number of carbonyl (C=O) groups is 1. The Labute approximate surface area is 265 Å². The summed E-state index contributed by atoms with van der Waals surface area (Å²) in [6.07, 6.45) is 1.80. The van der Waals surface area contributed by atoms with Crippen molar-refractivity contribution in [1.82, 2.24) is 4.57 Å². The number of esters is 1. The summed E-state index contributed by atoms with van der Waals surface area (Å²) in [6.45, 7) is 8.80. The lowest BCUT2D eigenvalue weighted by atomic mass is 9.96. The Balaban J connectivity index is 1.45. The monoisotopic (exact) mass is 628 g/mol. The molecule has 4 aromatic rings. The van der Waals surface area contributed by atoms with Gasteiger partial charge in [0.15, 0.2) is 16.3 Å². The van der Waals surface area contributed by atoms with Crippen LogP contribution in [0.25, 0.3) is 6.08 Å². The second-order valence-corrected chi connectivity index (χ2v) is 11.2. The van der Waals surface area contributed by atoms with Gasteiger partial charge < -0.3 is 23.7 Å². The molecular weight excluding hydrogens is 592 g/mol.